The van der Waals surface area contributed by atoms with Gasteiger partial charge in [0.05, 0.1) is 19.1 Å². The fraction of sp³-hybridized carbons (Fsp3) is 0.158. The van der Waals surface area contributed by atoms with Gasteiger partial charge in [-0.25, -0.2) is 13.8 Å². The molecule has 3 aromatic rings. The Hall–Kier alpha value is -3.04. The van der Waals surface area contributed by atoms with Gasteiger partial charge >= 0.3 is 0 Å². The molecule has 6 heteroatoms. The van der Waals surface area contributed by atoms with E-state index in [2.05, 4.69) is 4.98 Å². The first-order valence-corrected chi connectivity index (χ1v) is 7.64. The van der Waals surface area contributed by atoms with Crippen molar-refractivity contribution in [1.29, 1.82) is 5.26 Å². The summed E-state index contributed by atoms with van der Waals surface area (Å²) in [5.41, 5.74) is -0.678. The molecule has 25 heavy (non-hydrogen) atoms. The molecule has 0 amide bonds. The number of hydrogen-bond acceptors (Lipinski definition) is 3. The van der Waals surface area contributed by atoms with Gasteiger partial charge in [-0.1, -0.05) is 36.4 Å². The largest absolute Gasteiger partial charge is 0.383 e. The van der Waals surface area contributed by atoms with Crippen LogP contribution < -0.4 is 0 Å². The van der Waals surface area contributed by atoms with Crippen LogP contribution in [0.25, 0.3) is 0 Å². The fourth-order valence-electron chi connectivity index (χ4n) is 2.86. The minimum atomic E-state index is -1.68. The van der Waals surface area contributed by atoms with Crippen molar-refractivity contribution in [2.75, 3.05) is 0 Å². The van der Waals surface area contributed by atoms with Gasteiger partial charge in [-0.2, -0.15) is 5.26 Å². The molecular weight excluding hydrogens is 324 g/mol. The normalized spacial score (nSPS) is 13.2. The summed E-state index contributed by atoms with van der Waals surface area (Å²) in [5.74, 6) is -1.55. The molecule has 0 aliphatic rings. The summed E-state index contributed by atoms with van der Waals surface area (Å²) in [5, 5.41) is 20.4. The SMILES string of the molecule is N#Cc1cncn1CC(O)(Cc1ccccc1)c1ccc(F)cc1F. The molecular formula is C19H15F2N3O. The van der Waals surface area contributed by atoms with Crippen molar-refractivity contribution in [2.45, 2.75) is 18.6 Å². The van der Waals surface area contributed by atoms with E-state index < -0.39 is 17.2 Å². The number of imidazole rings is 1. The molecule has 0 saturated carbocycles. The van der Waals surface area contributed by atoms with E-state index in [4.69, 9.17) is 5.26 Å². The summed E-state index contributed by atoms with van der Waals surface area (Å²) in [6.07, 6.45) is 2.86. The quantitative estimate of drug-likeness (QED) is 0.777. The Morgan fingerprint density at radius 3 is 2.60 bits per heavy atom. The zero-order valence-corrected chi connectivity index (χ0v) is 13.2. The molecule has 0 spiro atoms. The third kappa shape index (κ3) is 3.57. The van der Waals surface area contributed by atoms with Crippen molar-refractivity contribution in [3.63, 3.8) is 0 Å². The predicted octanol–water partition coefficient (Wildman–Crippen LogP) is 3.16. The highest BCUT2D eigenvalue weighted by atomic mass is 19.1. The zero-order chi connectivity index (χ0) is 17.9. The Morgan fingerprint density at radius 2 is 1.92 bits per heavy atom. The third-order valence-corrected chi connectivity index (χ3v) is 4.03. The van der Waals surface area contributed by atoms with E-state index in [0.717, 1.165) is 17.7 Å². The second kappa shape index (κ2) is 6.83. The van der Waals surface area contributed by atoms with Crippen molar-refractivity contribution >= 4 is 0 Å². The molecule has 3 rings (SSSR count). The lowest BCUT2D eigenvalue weighted by atomic mass is 9.86. The summed E-state index contributed by atoms with van der Waals surface area (Å²) in [6, 6.07) is 14.1. The van der Waals surface area contributed by atoms with Crippen molar-refractivity contribution in [1.82, 2.24) is 9.55 Å². The van der Waals surface area contributed by atoms with Crippen LogP contribution in [-0.4, -0.2) is 14.7 Å². The van der Waals surface area contributed by atoms with Crippen molar-refractivity contribution < 1.29 is 13.9 Å². The zero-order valence-electron chi connectivity index (χ0n) is 13.2. The van der Waals surface area contributed by atoms with Gasteiger partial charge in [0.1, 0.15) is 29.0 Å². The number of nitriles is 1. The van der Waals surface area contributed by atoms with E-state index in [1.807, 2.05) is 36.4 Å². The highest BCUT2D eigenvalue weighted by Gasteiger charge is 2.34. The molecule has 4 nitrogen and oxygen atoms in total. The third-order valence-electron chi connectivity index (χ3n) is 4.03. The number of rotatable bonds is 5. The van der Waals surface area contributed by atoms with Crippen LogP contribution in [0.4, 0.5) is 8.78 Å². The number of halogens is 2. The predicted molar refractivity (Wildman–Crippen MR) is 87.3 cm³/mol. The number of nitrogens with zero attached hydrogens (tertiary/aromatic N) is 3. The van der Waals surface area contributed by atoms with E-state index in [1.54, 1.807) is 0 Å². The topological polar surface area (TPSA) is 61.8 Å². The van der Waals surface area contributed by atoms with Gasteiger partial charge < -0.3 is 9.67 Å². The van der Waals surface area contributed by atoms with Crippen molar-refractivity contribution in [2.24, 2.45) is 0 Å². The number of benzene rings is 2. The lowest BCUT2D eigenvalue weighted by Gasteiger charge is -2.30. The number of aliphatic hydroxyl groups is 1. The second-order valence-corrected chi connectivity index (χ2v) is 5.84. The standard InChI is InChI=1S/C19H15F2N3O/c20-15-6-7-17(18(21)8-15)19(25,9-14-4-2-1-3-5-14)12-24-13-23-11-16(24)10-22/h1-8,11,13,25H,9,12H2. The van der Waals surface area contributed by atoms with Crippen LogP contribution in [0.1, 0.15) is 16.8 Å². The molecule has 0 aliphatic carbocycles. The minimum absolute atomic E-state index is 0.0321. The van der Waals surface area contributed by atoms with Gasteiger partial charge in [0, 0.05) is 18.1 Å². The Kier molecular flexibility index (Phi) is 4.59. The maximum absolute atomic E-state index is 14.4. The van der Waals surface area contributed by atoms with Crippen LogP contribution in [0.5, 0.6) is 0 Å². The van der Waals surface area contributed by atoms with E-state index in [0.29, 0.717) is 0 Å². The Labute approximate surface area is 143 Å². The molecule has 1 aromatic heterocycles. The first kappa shape index (κ1) is 16.8. The number of hydrogen-bond donors (Lipinski definition) is 1. The van der Waals surface area contributed by atoms with E-state index in [-0.39, 0.29) is 24.2 Å². The number of aromatic nitrogens is 2. The second-order valence-electron chi connectivity index (χ2n) is 5.84. The average Bonchev–Trinajstić information content (AvgIpc) is 3.02. The molecule has 2 aromatic carbocycles. The molecule has 0 aliphatic heterocycles. The molecule has 0 fully saturated rings. The summed E-state index contributed by atoms with van der Waals surface area (Å²) in [6.45, 7) is -0.0899. The molecule has 0 saturated heterocycles. The molecule has 1 atom stereocenters. The molecule has 1 N–H and O–H groups in total. The van der Waals surface area contributed by atoms with E-state index >= 15 is 0 Å². The Bertz CT molecular complexity index is 918. The highest BCUT2D eigenvalue weighted by Crippen LogP contribution is 2.31. The molecule has 1 unspecified atom stereocenters. The van der Waals surface area contributed by atoms with Gasteiger partial charge in [-0.3, -0.25) is 0 Å². The van der Waals surface area contributed by atoms with E-state index in [9.17, 15) is 13.9 Å². The molecule has 1 heterocycles. The first-order valence-electron chi connectivity index (χ1n) is 7.64. The minimum Gasteiger partial charge on any atom is -0.383 e. The Morgan fingerprint density at radius 1 is 1.16 bits per heavy atom. The van der Waals surface area contributed by atoms with Crippen molar-refractivity contribution in [3.05, 3.63) is 89.5 Å². The van der Waals surface area contributed by atoms with Crippen LogP contribution in [0.15, 0.2) is 61.1 Å². The average molecular weight is 339 g/mol. The fourth-order valence-corrected chi connectivity index (χ4v) is 2.86. The molecule has 0 bridgehead atoms. The maximum atomic E-state index is 14.4. The molecule has 126 valence electrons. The van der Waals surface area contributed by atoms with Crippen LogP contribution in [0.2, 0.25) is 0 Å². The summed E-state index contributed by atoms with van der Waals surface area (Å²) < 4.78 is 29.1. The lowest BCUT2D eigenvalue weighted by Crippen LogP contribution is -2.35. The lowest BCUT2D eigenvalue weighted by molar-refractivity contribution is 0.0149. The Balaban J connectivity index is 2.05. The molecule has 0 radical (unpaired) electrons. The van der Waals surface area contributed by atoms with Crippen LogP contribution in [0.3, 0.4) is 0 Å². The summed E-state index contributed by atoms with van der Waals surface area (Å²) >= 11 is 0. The summed E-state index contributed by atoms with van der Waals surface area (Å²) in [7, 11) is 0. The smallest absolute Gasteiger partial charge is 0.140 e. The van der Waals surface area contributed by atoms with Gasteiger partial charge in [-0.05, 0) is 11.6 Å². The van der Waals surface area contributed by atoms with Crippen LogP contribution >= 0.6 is 0 Å². The van der Waals surface area contributed by atoms with Crippen LogP contribution in [0, 0.1) is 23.0 Å². The highest BCUT2D eigenvalue weighted by molar-refractivity contribution is 5.29. The van der Waals surface area contributed by atoms with Gasteiger partial charge in [0.2, 0.25) is 0 Å². The first-order chi connectivity index (χ1) is 12.0. The monoisotopic (exact) mass is 339 g/mol. The van der Waals surface area contributed by atoms with E-state index in [1.165, 1.54) is 23.2 Å². The van der Waals surface area contributed by atoms with Crippen LogP contribution in [-0.2, 0) is 18.6 Å². The van der Waals surface area contributed by atoms with Gasteiger partial charge in [-0.15, -0.1) is 0 Å². The maximum Gasteiger partial charge on any atom is 0.140 e. The van der Waals surface area contributed by atoms with Gasteiger partial charge in [0.25, 0.3) is 0 Å². The summed E-state index contributed by atoms with van der Waals surface area (Å²) in [4.78, 5) is 3.89. The van der Waals surface area contributed by atoms with Crippen molar-refractivity contribution in [3.8, 4) is 6.07 Å². The van der Waals surface area contributed by atoms with Gasteiger partial charge in [0.15, 0.2) is 0 Å².